The average molecular weight is 319 g/mol. The van der Waals surface area contributed by atoms with E-state index in [-0.39, 0.29) is 12.0 Å². The van der Waals surface area contributed by atoms with Crippen LogP contribution in [-0.4, -0.2) is 15.7 Å². The Kier molecular flexibility index (Phi) is 5.90. The maximum atomic E-state index is 14.0. The van der Waals surface area contributed by atoms with E-state index in [1.54, 1.807) is 20.8 Å². The highest BCUT2D eigenvalue weighted by Gasteiger charge is 2.48. The van der Waals surface area contributed by atoms with E-state index >= 15 is 0 Å². The molecule has 0 bridgehead atoms. The quantitative estimate of drug-likeness (QED) is 0.637. The molecule has 0 aliphatic heterocycles. The predicted octanol–water partition coefficient (Wildman–Crippen LogP) is 3.91. The third-order valence-electron chi connectivity index (χ3n) is 3.02. The fourth-order valence-electron chi connectivity index (χ4n) is 1.83. The van der Waals surface area contributed by atoms with Crippen LogP contribution in [0, 0.1) is 5.82 Å². The maximum absolute atomic E-state index is 14.0. The molecular weight excluding hydrogens is 299 g/mol. The van der Waals surface area contributed by atoms with Crippen molar-refractivity contribution in [2.24, 2.45) is 0 Å². The molecule has 0 aliphatic carbocycles. The molecule has 1 aromatic carbocycles. The predicted molar refractivity (Wildman–Crippen MR) is 79.9 cm³/mol. The number of alkyl halides is 2. The van der Waals surface area contributed by atoms with Gasteiger partial charge in [0.15, 0.2) is 5.54 Å². The second-order valence-electron chi connectivity index (χ2n) is 5.73. The summed E-state index contributed by atoms with van der Waals surface area (Å²) in [5, 5.41) is 0. The van der Waals surface area contributed by atoms with Gasteiger partial charge >= 0.3 is 0 Å². The molecule has 21 heavy (non-hydrogen) atoms. The number of rotatable bonds is 6. The Morgan fingerprint density at radius 3 is 2.33 bits per heavy atom. The van der Waals surface area contributed by atoms with Gasteiger partial charge in [0.1, 0.15) is 10.6 Å². The Hall–Kier alpha value is -0.980. The van der Waals surface area contributed by atoms with Crippen LogP contribution in [0.4, 0.5) is 13.2 Å². The van der Waals surface area contributed by atoms with Gasteiger partial charge in [0.25, 0.3) is 6.43 Å². The van der Waals surface area contributed by atoms with Crippen molar-refractivity contribution in [2.45, 2.75) is 43.9 Å². The first-order chi connectivity index (χ1) is 9.65. The van der Waals surface area contributed by atoms with Gasteiger partial charge in [-0.05, 0) is 33.3 Å². The monoisotopic (exact) mass is 319 g/mol. The molecule has 0 fully saturated rings. The molecule has 2 unspecified atom stereocenters. The van der Waals surface area contributed by atoms with Gasteiger partial charge in [0.2, 0.25) is 0 Å². The van der Waals surface area contributed by atoms with Crippen LogP contribution in [0.5, 0.6) is 0 Å². The van der Waals surface area contributed by atoms with Crippen molar-refractivity contribution >= 4 is 11.4 Å². The van der Waals surface area contributed by atoms with E-state index in [2.05, 4.69) is 11.3 Å². The molecule has 1 aromatic rings. The summed E-state index contributed by atoms with van der Waals surface area (Å²) in [6.45, 7) is 8.42. The first-order valence-electron chi connectivity index (χ1n) is 6.49. The highest BCUT2D eigenvalue weighted by molar-refractivity contribution is 7.90. The minimum atomic E-state index is -2.95. The first-order valence-corrected chi connectivity index (χ1v) is 7.64. The average Bonchev–Trinajstić information content (AvgIpc) is 2.37. The van der Waals surface area contributed by atoms with E-state index < -0.39 is 33.9 Å². The summed E-state index contributed by atoms with van der Waals surface area (Å²) in [4.78, 5) is 0. The van der Waals surface area contributed by atoms with Crippen LogP contribution in [0.2, 0.25) is 0 Å². The molecule has 0 saturated carbocycles. The molecule has 0 heterocycles. The van der Waals surface area contributed by atoms with E-state index in [0.29, 0.717) is 0 Å². The number of hydrogen-bond donors (Lipinski definition) is 1. The lowest BCUT2D eigenvalue weighted by atomic mass is 9.87. The SMILES string of the molecule is C=CCC(N[S+]([O-])C(C)(C)C)(c1ccccc1F)C(F)F. The summed E-state index contributed by atoms with van der Waals surface area (Å²) in [6, 6.07) is 5.28. The van der Waals surface area contributed by atoms with Gasteiger partial charge in [-0.3, -0.25) is 0 Å². The standard InChI is InChI=1S/C15H20F3NOS/c1-5-10-15(13(17)18,19-21(20)14(2,3)4)11-8-6-7-9-12(11)16/h5-9,13,19H,1,10H2,2-4H3. The molecule has 2 nitrogen and oxygen atoms in total. The largest absolute Gasteiger partial charge is 0.598 e. The Bertz CT molecular complexity index is 490. The van der Waals surface area contributed by atoms with Crippen LogP contribution in [0.25, 0.3) is 0 Å². The third kappa shape index (κ3) is 4.02. The van der Waals surface area contributed by atoms with Gasteiger partial charge in [-0.25, -0.2) is 13.2 Å². The summed E-state index contributed by atoms with van der Waals surface area (Å²) in [5.74, 6) is -0.766. The Labute approximate surface area is 126 Å². The number of benzene rings is 1. The highest BCUT2D eigenvalue weighted by atomic mass is 32.2. The molecule has 0 spiro atoms. The second kappa shape index (κ2) is 6.85. The van der Waals surface area contributed by atoms with Crippen LogP contribution in [0.3, 0.4) is 0 Å². The molecule has 0 amide bonds. The van der Waals surface area contributed by atoms with Crippen LogP contribution >= 0.6 is 0 Å². The van der Waals surface area contributed by atoms with Crippen molar-refractivity contribution in [1.29, 1.82) is 0 Å². The lowest BCUT2D eigenvalue weighted by Gasteiger charge is -2.36. The van der Waals surface area contributed by atoms with Crippen LogP contribution < -0.4 is 4.72 Å². The molecular formula is C15H20F3NOS. The zero-order valence-electron chi connectivity index (χ0n) is 12.3. The summed E-state index contributed by atoms with van der Waals surface area (Å²) >= 11 is -1.78. The van der Waals surface area contributed by atoms with E-state index in [4.69, 9.17) is 0 Å². The molecule has 0 saturated heterocycles. The van der Waals surface area contributed by atoms with E-state index in [9.17, 15) is 17.7 Å². The van der Waals surface area contributed by atoms with Gasteiger partial charge in [-0.15, -0.1) is 11.3 Å². The molecule has 118 valence electrons. The normalized spacial score (nSPS) is 16.6. The molecule has 0 aliphatic rings. The Balaban J connectivity index is 3.35. The maximum Gasteiger partial charge on any atom is 0.265 e. The van der Waals surface area contributed by atoms with Gasteiger partial charge in [-0.2, -0.15) is 0 Å². The number of hydrogen-bond acceptors (Lipinski definition) is 2. The summed E-state index contributed by atoms with van der Waals surface area (Å²) in [6.07, 6.45) is -1.92. The molecule has 0 radical (unpaired) electrons. The number of halogens is 3. The van der Waals surface area contributed by atoms with Gasteiger partial charge in [-0.1, -0.05) is 24.3 Å². The third-order valence-corrected chi connectivity index (χ3v) is 4.69. The molecule has 2 atom stereocenters. The van der Waals surface area contributed by atoms with Crippen LogP contribution in [0.15, 0.2) is 36.9 Å². The molecule has 1 rings (SSSR count). The topological polar surface area (TPSA) is 35.1 Å². The zero-order valence-corrected chi connectivity index (χ0v) is 13.1. The molecule has 1 N–H and O–H groups in total. The Morgan fingerprint density at radius 2 is 1.90 bits per heavy atom. The summed E-state index contributed by atoms with van der Waals surface area (Å²) in [7, 11) is 0. The van der Waals surface area contributed by atoms with E-state index in [1.165, 1.54) is 24.3 Å². The molecule has 6 heteroatoms. The van der Waals surface area contributed by atoms with Gasteiger partial charge in [0, 0.05) is 16.9 Å². The zero-order chi connectivity index (χ0) is 16.3. The smallest absolute Gasteiger partial charge is 0.265 e. The van der Waals surface area contributed by atoms with Crippen molar-refractivity contribution in [3.8, 4) is 0 Å². The second-order valence-corrected chi connectivity index (χ2v) is 7.69. The van der Waals surface area contributed by atoms with Crippen molar-refractivity contribution < 1.29 is 17.7 Å². The Morgan fingerprint density at radius 1 is 1.33 bits per heavy atom. The summed E-state index contributed by atoms with van der Waals surface area (Å²) in [5.41, 5.74) is -2.27. The minimum absolute atomic E-state index is 0.211. The lowest BCUT2D eigenvalue weighted by molar-refractivity contribution is 0.0403. The van der Waals surface area contributed by atoms with Crippen LogP contribution in [0.1, 0.15) is 32.8 Å². The fraction of sp³-hybridized carbons (Fsp3) is 0.467. The molecule has 0 aromatic heterocycles. The van der Waals surface area contributed by atoms with Crippen molar-refractivity contribution in [1.82, 2.24) is 4.72 Å². The van der Waals surface area contributed by atoms with E-state index in [0.717, 1.165) is 6.07 Å². The fourth-order valence-corrected chi connectivity index (χ4v) is 2.75. The first kappa shape index (κ1) is 18.1. The van der Waals surface area contributed by atoms with Gasteiger partial charge < -0.3 is 4.55 Å². The van der Waals surface area contributed by atoms with Crippen molar-refractivity contribution in [3.63, 3.8) is 0 Å². The minimum Gasteiger partial charge on any atom is -0.598 e. The van der Waals surface area contributed by atoms with Crippen molar-refractivity contribution in [2.75, 3.05) is 0 Å². The summed E-state index contributed by atoms with van der Waals surface area (Å²) < 4.78 is 55.4. The van der Waals surface area contributed by atoms with Crippen molar-refractivity contribution in [3.05, 3.63) is 48.3 Å². The number of nitrogens with one attached hydrogen (secondary N) is 1. The van der Waals surface area contributed by atoms with E-state index in [1.807, 2.05) is 0 Å². The van der Waals surface area contributed by atoms with Crippen LogP contribution in [-0.2, 0) is 16.9 Å². The highest BCUT2D eigenvalue weighted by Crippen LogP contribution is 2.36. The lowest BCUT2D eigenvalue weighted by Crippen LogP contribution is -2.55. The van der Waals surface area contributed by atoms with Gasteiger partial charge in [0.05, 0.1) is 0 Å².